The minimum atomic E-state index is -0.244. The van der Waals surface area contributed by atoms with Gasteiger partial charge in [0.25, 0.3) is 0 Å². The van der Waals surface area contributed by atoms with Crippen molar-refractivity contribution in [1.29, 1.82) is 0 Å². The van der Waals surface area contributed by atoms with Crippen molar-refractivity contribution in [2.24, 2.45) is 0 Å². The van der Waals surface area contributed by atoms with Crippen LogP contribution >= 0.6 is 0 Å². The molecule has 0 atom stereocenters. The third-order valence-corrected chi connectivity index (χ3v) is 3.93. The van der Waals surface area contributed by atoms with Gasteiger partial charge in [0, 0.05) is 18.2 Å². The Morgan fingerprint density at radius 2 is 1.95 bits per heavy atom. The smallest absolute Gasteiger partial charge is 0.126 e. The summed E-state index contributed by atoms with van der Waals surface area (Å²) in [6, 6.07) is 11.7. The number of hydrogen-bond acceptors (Lipinski definition) is 2. The zero-order valence-corrected chi connectivity index (χ0v) is 12.4. The number of hydrogen-bond donors (Lipinski definition) is 1. The van der Waals surface area contributed by atoms with Crippen molar-refractivity contribution in [1.82, 2.24) is 5.32 Å². The zero-order valence-electron chi connectivity index (χ0n) is 12.4. The second kappa shape index (κ2) is 5.86. The van der Waals surface area contributed by atoms with Crippen LogP contribution in [0.2, 0.25) is 0 Å². The van der Waals surface area contributed by atoms with E-state index in [2.05, 4.69) is 23.5 Å². The molecule has 2 aromatic rings. The Kier molecular flexibility index (Phi) is 3.93. The Balaban J connectivity index is 1.95. The molecule has 1 saturated carbocycles. The van der Waals surface area contributed by atoms with E-state index in [0.29, 0.717) is 11.8 Å². The average Bonchev–Trinajstić information content (AvgIpc) is 3.30. The fourth-order valence-electron chi connectivity index (χ4n) is 2.51. The predicted octanol–water partition coefficient (Wildman–Crippen LogP) is 4.06. The van der Waals surface area contributed by atoms with Gasteiger partial charge in [-0.2, -0.15) is 0 Å². The molecule has 0 amide bonds. The number of benzene rings is 2. The van der Waals surface area contributed by atoms with Gasteiger partial charge in [-0.05, 0) is 60.7 Å². The van der Waals surface area contributed by atoms with Crippen LogP contribution in [0.25, 0.3) is 11.1 Å². The highest BCUT2D eigenvalue weighted by Crippen LogP contribution is 2.33. The van der Waals surface area contributed by atoms with E-state index in [1.165, 1.54) is 24.5 Å². The first-order chi connectivity index (χ1) is 10.2. The van der Waals surface area contributed by atoms with Crippen LogP contribution in [0.5, 0.6) is 5.75 Å². The van der Waals surface area contributed by atoms with Gasteiger partial charge >= 0.3 is 0 Å². The van der Waals surface area contributed by atoms with E-state index in [0.717, 1.165) is 23.2 Å². The Morgan fingerprint density at radius 3 is 2.67 bits per heavy atom. The lowest BCUT2D eigenvalue weighted by molar-refractivity contribution is 0.415. The largest absolute Gasteiger partial charge is 0.496 e. The first-order valence-corrected chi connectivity index (χ1v) is 7.34. The van der Waals surface area contributed by atoms with Crippen molar-refractivity contribution in [2.75, 3.05) is 7.11 Å². The van der Waals surface area contributed by atoms with Crippen LogP contribution in [-0.2, 0) is 6.54 Å². The standard InChI is InChI=1S/C18H20FNO/c1-12-3-4-13(11-20-15-6-7-15)9-16(12)17-10-14(19)5-8-18(17)21-2/h3-5,8-10,15,20H,6-7,11H2,1-2H3. The Hall–Kier alpha value is -1.87. The molecule has 0 saturated heterocycles. The molecular formula is C18H20FNO. The van der Waals surface area contributed by atoms with Crippen molar-refractivity contribution in [3.63, 3.8) is 0 Å². The number of nitrogens with one attached hydrogen (secondary N) is 1. The molecule has 0 aliphatic heterocycles. The molecule has 1 aliphatic rings. The third-order valence-electron chi connectivity index (χ3n) is 3.93. The molecule has 110 valence electrons. The molecule has 2 nitrogen and oxygen atoms in total. The number of aryl methyl sites for hydroxylation is 1. The molecule has 0 aromatic heterocycles. The quantitative estimate of drug-likeness (QED) is 0.894. The van der Waals surface area contributed by atoms with Gasteiger partial charge in [-0.1, -0.05) is 12.1 Å². The van der Waals surface area contributed by atoms with Crippen LogP contribution in [0.1, 0.15) is 24.0 Å². The Morgan fingerprint density at radius 1 is 1.14 bits per heavy atom. The lowest BCUT2D eigenvalue weighted by Crippen LogP contribution is -2.15. The second-order valence-corrected chi connectivity index (χ2v) is 5.65. The number of rotatable bonds is 5. The lowest BCUT2D eigenvalue weighted by atomic mass is 9.97. The minimum Gasteiger partial charge on any atom is -0.496 e. The first-order valence-electron chi connectivity index (χ1n) is 7.34. The SMILES string of the molecule is COc1ccc(F)cc1-c1cc(CNC2CC2)ccc1C. The molecular weight excluding hydrogens is 265 g/mol. The highest BCUT2D eigenvalue weighted by atomic mass is 19.1. The van der Waals surface area contributed by atoms with Crippen LogP contribution in [0.4, 0.5) is 4.39 Å². The molecule has 3 rings (SSSR count). The molecule has 0 unspecified atom stereocenters. The highest BCUT2D eigenvalue weighted by molar-refractivity contribution is 5.73. The van der Waals surface area contributed by atoms with Crippen LogP contribution in [-0.4, -0.2) is 13.2 Å². The zero-order chi connectivity index (χ0) is 14.8. The normalized spacial score (nSPS) is 14.2. The van der Waals surface area contributed by atoms with Gasteiger partial charge < -0.3 is 10.1 Å². The number of methoxy groups -OCH3 is 1. The Bertz CT molecular complexity index is 650. The number of halogens is 1. The fraction of sp³-hybridized carbons (Fsp3) is 0.333. The summed E-state index contributed by atoms with van der Waals surface area (Å²) in [5, 5.41) is 3.51. The summed E-state index contributed by atoms with van der Waals surface area (Å²) < 4.78 is 19.0. The summed E-state index contributed by atoms with van der Waals surface area (Å²) in [7, 11) is 1.62. The summed E-state index contributed by atoms with van der Waals surface area (Å²) in [5.41, 5.74) is 4.17. The number of ether oxygens (including phenoxy) is 1. The summed E-state index contributed by atoms with van der Waals surface area (Å²) in [6.45, 7) is 2.90. The maximum atomic E-state index is 13.6. The second-order valence-electron chi connectivity index (χ2n) is 5.65. The van der Waals surface area contributed by atoms with Gasteiger partial charge in [-0.3, -0.25) is 0 Å². The van der Waals surface area contributed by atoms with Crippen LogP contribution in [0.15, 0.2) is 36.4 Å². The van der Waals surface area contributed by atoms with Gasteiger partial charge in [0.15, 0.2) is 0 Å². The van der Waals surface area contributed by atoms with Gasteiger partial charge in [-0.25, -0.2) is 4.39 Å². The predicted molar refractivity (Wildman–Crippen MR) is 83.0 cm³/mol. The molecule has 0 radical (unpaired) electrons. The summed E-state index contributed by atoms with van der Waals surface area (Å²) in [5.74, 6) is 0.457. The van der Waals surface area contributed by atoms with Crippen molar-refractivity contribution in [3.05, 3.63) is 53.3 Å². The molecule has 3 heteroatoms. The molecule has 2 aromatic carbocycles. The maximum absolute atomic E-state index is 13.6. The molecule has 0 heterocycles. The van der Waals surface area contributed by atoms with Gasteiger partial charge in [0.1, 0.15) is 11.6 Å². The van der Waals surface area contributed by atoms with Gasteiger partial charge in [0.05, 0.1) is 7.11 Å². The summed E-state index contributed by atoms with van der Waals surface area (Å²) in [6.07, 6.45) is 2.55. The topological polar surface area (TPSA) is 21.3 Å². The van der Waals surface area contributed by atoms with Crippen molar-refractivity contribution in [3.8, 4) is 16.9 Å². The van der Waals surface area contributed by atoms with E-state index in [1.54, 1.807) is 19.2 Å². The maximum Gasteiger partial charge on any atom is 0.126 e. The monoisotopic (exact) mass is 285 g/mol. The van der Waals surface area contributed by atoms with E-state index in [4.69, 9.17) is 4.74 Å². The summed E-state index contributed by atoms with van der Waals surface area (Å²) in [4.78, 5) is 0. The Labute approximate surface area is 125 Å². The van der Waals surface area contributed by atoms with Crippen LogP contribution in [0.3, 0.4) is 0 Å². The molecule has 21 heavy (non-hydrogen) atoms. The summed E-state index contributed by atoms with van der Waals surface area (Å²) >= 11 is 0. The van der Waals surface area contributed by atoms with Gasteiger partial charge in [-0.15, -0.1) is 0 Å². The average molecular weight is 285 g/mol. The molecule has 0 spiro atoms. The van der Waals surface area contributed by atoms with E-state index >= 15 is 0 Å². The highest BCUT2D eigenvalue weighted by Gasteiger charge is 2.20. The molecule has 1 N–H and O–H groups in total. The molecule has 1 aliphatic carbocycles. The lowest BCUT2D eigenvalue weighted by Gasteiger charge is -2.13. The van der Waals surface area contributed by atoms with E-state index in [1.807, 2.05) is 6.92 Å². The van der Waals surface area contributed by atoms with Crippen molar-refractivity contribution >= 4 is 0 Å². The van der Waals surface area contributed by atoms with E-state index in [9.17, 15) is 4.39 Å². The van der Waals surface area contributed by atoms with E-state index < -0.39 is 0 Å². The fourth-order valence-corrected chi connectivity index (χ4v) is 2.51. The van der Waals surface area contributed by atoms with Crippen LogP contribution < -0.4 is 10.1 Å². The van der Waals surface area contributed by atoms with Gasteiger partial charge in [0.2, 0.25) is 0 Å². The van der Waals surface area contributed by atoms with E-state index in [-0.39, 0.29) is 5.82 Å². The van der Waals surface area contributed by atoms with Crippen molar-refractivity contribution in [2.45, 2.75) is 32.4 Å². The molecule has 1 fully saturated rings. The van der Waals surface area contributed by atoms with Crippen molar-refractivity contribution < 1.29 is 9.13 Å². The minimum absolute atomic E-state index is 0.244. The molecule has 0 bridgehead atoms. The first kappa shape index (κ1) is 14.1. The third kappa shape index (κ3) is 3.24. The van der Waals surface area contributed by atoms with Crippen LogP contribution in [0, 0.1) is 12.7 Å².